The summed E-state index contributed by atoms with van der Waals surface area (Å²) in [6.07, 6.45) is 4.95. The summed E-state index contributed by atoms with van der Waals surface area (Å²) in [5.74, 6) is -4.07. The maximum absolute atomic E-state index is 13.8. The summed E-state index contributed by atoms with van der Waals surface area (Å²) in [7, 11) is -4.18. The smallest absolute Gasteiger partial charge is 0.246 e. The van der Waals surface area contributed by atoms with Gasteiger partial charge in [0.15, 0.2) is 11.6 Å². The Bertz CT molecular complexity index is 798. The van der Waals surface area contributed by atoms with Crippen LogP contribution in [0.4, 0.5) is 13.2 Å². The van der Waals surface area contributed by atoms with Crippen molar-refractivity contribution in [3.63, 3.8) is 0 Å². The molecule has 0 atom stereocenters. The molecule has 1 aromatic carbocycles. The lowest BCUT2D eigenvalue weighted by Crippen LogP contribution is -2.39. The summed E-state index contributed by atoms with van der Waals surface area (Å²) in [6, 6.07) is 4.61. The van der Waals surface area contributed by atoms with Crippen molar-refractivity contribution in [1.82, 2.24) is 8.87 Å². The lowest BCUT2D eigenvalue weighted by atomic mass is 10.1. The maximum Gasteiger partial charge on any atom is 0.246 e. The second-order valence-corrected chi connectivity index (χ2v) is 7.37. The molecule has 1 aromatic heterocycles. The van der Waals surface area contributed by atoms with Gasteiger partial charge in [0.25, 0.3) is 0 Å². The van der Waals surface area contributed by atoms with Crippen molar-refractivity contribution in [3.8, 4) is 0 Å². The Kier molecular flexibility index (Phi) is 4.20. The highest BCUT2D eigenvalue weighted by Gasteiger charge is 2.32. The minimum absolute atomic E-state index is 0.172. The van der Waals surface area contributed by atoms with E-state index in [0.717, 1.165) is 4.31 Å². The Morgan fingerprint density at radius 2 is 1.48 bits per heavy atom. The van der Waals surface area contributed by atoms with Crippen LogP contribution in [0, 0.1) is 17.5 Å². The van der Waals surface area contributed by atoms with Gasteiger partial charge in [0.2, 0.25) is 10.0 Å². The average molecular weight is 344 g/mol. The highest BCUT2D eigenvalue weighted by atomic mass is 32.2. The number of halogens is 3. The molecule has 124 valence electrons. The number of benzene rings is 1. The van der Waals surface area contributed by atoms with Crippen LogP contribution in [0.2, 0.25) is 0 Å². The van der Waals surface area contributed by atoms with E-state index in [4.69, 9.17) is 0 Å². The third kappa shape index (κ3) is 3.00. The van der Waals surface area contributed by atoms with Crippen LogP contribution in [0.25, 0.3) is 0 Å². The second-order valence-electron chi connectivity index (χ2n) is 5.46. The topological polar surface area (TPSA) is 42.3 Å². The molecular formula is C15H15F3N2O2S. The standard InChI is InChI=1S/C15H15F3N2O2S/c16-12-9-14(18)15(10-13(12)17)23(21,22)20-7-3-11(4-8-20)19-5-1-2-6-19/h1-2,5-6,9-11H,3-4,7-8H2. The zero-order valence-corrected chi connectivity index (χ0v) is 12.9. The van der Waals surface area contributed by atoms with Crippen molar-refractivity contribution >= 4 is 10.0 Å². The van der Waals surface area contributed by atoms with E-state index in [1.165, 1.54) is 0 Å². The largest absolute Gasteiger partial charge is 0.351 e. The maximum atomic E-state index is 13.8. The van der Waals surface area contributed by atoms with Gasteiger partial charge in [-0.3, -0.25) is 0 Å². The van der Waals surface area contributed by atoms with Crippen LogP contribution in [0.1, 0.15) is 18.9 Å². The van der Waals surface area contributed by atoms with E-state index in [1.807, 2.05) is 29.1 Å². The first-order valence-corrected chi connectivity index (χ1v) is 8.61. The van der Waals surface area contributed by atoms with Crippen molar-refractivity contribution in [2.45, 2.75) is 23.8 Å². The molecule has 1 aliphatic rings. The molecule has 4 nitrogen and oxygen atoms in total. The zero-order valence-electron chi connectivity index (χ0n) is 12.1. The monoisotopic (exact) mass is 344 g/mol. The molecule has 0 radical (unpaired) electrons. The fourth-order valence-electron chi connectivity index (χ4n) is 2.81. The van der Waals surface area contributed by atoms with Crippen molar-refractivity contribution in [1.29, 1.82) is 0 Å². The lowest BCUT2D eigenvalue weighted by Gasteiger charge is -2.32. The van der Waals surface area contributed by atoms with E-state index in [9.17, 15) is 21.6 Å². The zero-order chi connectivity index (χ0) is 16.6. The SMILES string of the molecule is O=S(=O)(c1cc(F)c(F)cc1F)N1CCC(n2cccc2)CC1. The fraction of sp³-hybridized carbons (Fsp3) is 0.333. The molecule has 1 aliphatic heterocycles. The lowest BCUT2D eigenvalue weighted by molar-refractivity contribution is 0.273. The molecule has 2 aromatic rings. The Morgan fingerprint density at radius 3 is 2.09 bits per heavy atom. The number of nitrogens with zero attached hydrogens (tertiary/aromatic N) is 2. The van der Waals surface area contributed by atoms with Crippen LogP contribution >= 0.6 is 0 Å². The summed E-state index contributed by atoms with van der Waals surface area (Å²) in [5.41, 5.74) is 0. The summed E-state index contributed by atoms with van der Waals surface area (Å²) in [6.45, 7) is 0.396. The Morgan fingerprint density at radius 1 is 0.913 bits per heavy atom. The van der Waals surface area contributed by atoms with Crippen molar-refractivity contribution in [2.24, 2.45) is 0 Å². The quantitative estimate of drug-likeness (QED) is 0.804. The van der Waals surface area contributed by atoms with E-state index in [0.29, 0.717) is 18.9 Å². The number of sulfonamides is 1. The van der Waals surface area contributed by atoms with Crippen LogP contribution in [0.3, 0.4) is 0 Å². The first kappa shape index (κ1) is 16.1. The van der Waals surface area contributed by atoms with Gasteiger partial charge in [0.05, 0.1) is 0 Å². The van der Waals surface area contributed by atoms with Gasteiger partial charge < -0.3 is 4.57 Å². The molecule has 2 heterocycles. The first-order valence-electron chi connectivity index (χ1n) is 7.17. The van der Waals surface area contributed by atoms with Crippen LogP contribution < -0.4 is 0 Å². The summed E-state index contributed by atoms with van der Waals surface area (Å²) < 4.78 is 68.0. The summed E-state index contributed by atoms with van der Waals surface area (Å²) >= 11 is 0. The average Bonchev–Trinajstić information content (AvgIpc) is 3.05. The van der Waals surface area contributed by atoms with Gasteiger partial charge in [-0.05, 0) is 31.0 Å². The molecule has 0 amide bonds. The van der Waals surface area contributed by atoms with E-state index in [1.54, 1.807) is 0 Å². The van der Waals surface area contributed by atoms with Gasteiger partial charge in [-0.2, -0.15) is 4.31 Å². The minimum Gasteiger partial charge on any atom is -0.351 e. The number of hydrogen-bond donors (Lipinski definition) is 0. The highest BCUT2D eigenvalue weighted by molar-refractivity contribution is 7.89. The fourth-order valence-corrected chi connectivity index (χ4v) is 4.34. The molecular weight excluding hydrogens is 329 g/mol. The molecule has 1 saturated heterocycles. The number of piperidine rings is 1. The van der Waals surface area contributed by atoms with Gasteiger partial charge in [0.1, 0.15) is 10.7 Å². The molecule has 1 fully saturated rings. The van der Waals surface area contributed by atoms with Gasteiger partial charge >= 0.3 is 0 Å². The molecule has 0 unspecified atom stereocenters. The van der Waals surface area contributed by atoms with Gasteiger partial charge in [-0.15, -0.1) is 0 Å². The molecule has 0 spiro atoms. The van der Waals surface area contributed by atoms with Gasteiger partial charge in [-0.25, -0.2) is 21.6 Å². The van der Waals surface area contributed by atoms with Crippen LogP contribution in [0.5, 0.6) is 0 Å². The van der Waals surface area contributed by atoms with Crippen LogP contribution in [-0.4, -0.2) is 30.4 Å². The van der Waals surface area contributed by atoms with Crippen molar-refractivity contribution < 1.29 is 21.6 Å². The van der Waals surface area contributed by atoms with E-state index >= 15 is 0 Å². The van der Waals surface area contributed by atoms with E-state index < -0.39 is 32.4 Å². The first-order chi connectivity index (χ1) is 10.9. The van der Waals surface area contributed by atoms with Crippen LogP contribution in [0.15, 0.2) is 41.6 Å². The summed E-state index contributed by atoms with van der Waals surface area (Å²) in [5, 5.41) is 0. The Balaban J connectivity index is 1.81. The highest BCUT2D eigenvalue weighted by Crippen LogP contribution is 2.28. The number of aromatic nitrogens is 1. The number of hydrogen-bond acceptors (Lipinski definition) is 2. The Hall–Kier alpha value is -1.80. The molecule has 3 rings (SSSR count). The van der Waals surface area contributed by atoms with Crippen LogP contribution in [-0.2, 0) is 10.0 Å². The predicted molar refractivity (Wildman–Crippen MR) is 77.8 cm³/mol. The molecule has 0 saturated carbocycles. The van der Waals surface area contributed by atoms with Crippen molar-refractivity contribution in [3.05, 3.63) is 54.1 Å². The second kappa shape index (κ2) is 6.01. The van der Waals surface area contributed by atoms with E-state index in [-0.39, 0.29) is 25.2 Å². The third-order valence-corrected chi connectivity index (χ3v) is 5.98. The minimum atomic E-state index is -4.18. The summed E-state index contributed by atoms with van der Waals surface area (Å²) in [4.78, 5) is -0.823. The molecule has 0 aliphatic carbocycles. The normalized spacial score (nSPS) is 17.5. The van der Waals surface area contributed by atoms with Crippen molar-refractivity contribution in [2.75, 3.05) is 13.1 Å². The molecule has 8 heteroatoms. The molecule has 23 heavy (non-hydrogen) atoms. The Labute approximate surface area is 132 Å². The molecule has 0 N–H and O–H groups in total. The van der Waals surface area contributed by atoms with Gasteiger partial charge in [-0.1, -0.05) is 0 Å². The number of rotatable bonds is 3. The van der Waals surface area contributed by atoms with E-state index in [2.05, 4.69) is 0 Å². The molecule has 0 bridgehead atoms. The van der Waals surface area contributed by atoms with Gasteiger partial charge in [0, 0.05) is 37.6 Å². The predicted octanol–water partition coefficient (Wildman–Crippen LogP) is 2.93. The third-order valence-electron chi connectivity index (χ3n) is 4.07.